The lowest BCUT2D eigenvalue weighted by Crippen LogP contribution is -2.17. The van der Waals surface area contributed by atoms with E-state index in [4.69, 9.17) is 0 Å². The number of hydrogen-bond acceptors (Lipinski definition) is 0. The number of benzene rings is 2. The van der Waals surface area contributed by atoms with Gasteiger partial charge in [0.05, 0.1) is 0 Å². The van der Waals surface area contributed by atoms with E-state index in [-0.39, 0.29) is 0 Å². The Morgan fingerprint density at radius 1 is 0.889 bits per heavy atom. The van der Waals surface area contributed by atoms with Gasteiger partial charge >= 0.3 is 0 Å². The first-order valence-electron chi connectivity index (χ1n) is 6.91. The summed E-state index contributed by atoms with van der Waals surface area (Å²) in [5.74, 6) is 0. The molecule has 0 amide bonds. The second-order valence-corrected chi connectivity index (χ2v) is 5.24. The van der Waals surface area contributed by atoms with Crippen LogP contribution in [0.15, 0.2) is 42.5 Å². The lowest BCUT2D eigenvalue weighted by atomic mass is 10.0. The molecule has 2 aromatic rings. The van der Waals surface area contributed by atoms with Gasteiger partial charge in [0.1, 0.15) is 13.6 Å². The van der Waals surface area contributed by atoms with Gasteiger partial charge in [-0.05, 0) is 35.7 Å². The van der Waals surface area contributed by atoms with Crippen molar-refractivity contribution in [2.75, 3.05) is 13.6 Å². The van der Waals surface area contributed by atoms with Crippen molar-refractivity contribution in [3.05, 3.63) is 48.0 Å². The van der Waals surface area contributed by atoms with Gasteiger partial charge in [-0.1, -0.05) is 30.3 Å². The summed E-state index contributed by atoms with van der Waals surface area (Å²) < 4.78 is 2.44. The third-order valence-corrected chi connectivity index (χ3v) is 3.95. The lowest BCUT2D eigenvalue weighted by molar-refractivity contribution is -0.497. The molecule has 0 N–H and O–H groups in total. The third kappa shape index (κ3) is 2.17. The van der Waals surface area contributed by atoms with E-state index in [9.17, 15) is 0 Å². The van der Waals surface area contributed by atoms with Crippen LogP contribution in [0.1, 0.15) is 31.2 Å². The van der Waals surface area contributed by atoms with Crippen LogP contribution in [0.3, 0.4) is 0 Å². The summed E-state index contributed by atoms with van der Waals surface area (Å²) in [5, 5.41) is 2.68. The first kappa shape index (κ1) is 11.5. The molecule has 0 fully saturated rings. The summed E-state index contributed by atoms with van der Waals surface area (Å²) in [6, 6.07) is 15.5. The van der Waals surface area contributed by atoms with E-state index < -0.39 is 0 Å². The van der Waals surface area contributed by atoms with Crippen LogP contribution in [0, 0.1) is 0 Å². The van der Waals surface area contributed by atoms with Gasteiger partial charge < -0.3 is 0 Å². The third-order valence-electron chi connectivity index (χ3n) is 3.95. The molecular formula is C17H20N+. The molecule has 2 aromatic carbocycles. The lowest BCUT2D eigenvalue weighted by Gasteiger charge is -2.05. The monoisotopic (exact) mass is 238 g/mol. The van der Waals surface area contributed by atoms with Gasteiger partial charge in [0, 0.05) is 18.4 Å². The summed E-state index contributed by atoms with van der Waals surface area (Å²) in [4.78, 5) is 0. The molecular weight excluding hydrogens is 218 g/mol. The number of fused-ring (bicyclic) bond motifs is 1. The number of rotatable bonds is 1. The van der Waals surface area contributed by atoms with Crippen molar-refractivity contribution in [1.82, 2.24) is 0 Å². The molecule has 0 radical (unpaired) electrons. The van der Waals surface area contributed by atoms with Crippen molar-refractivity contribution in [1.29, 1.82) is 0 Å². The van der Waals surface area contributed by atoms with E-state index in [1.165, 1.54) is 54.3 Å². The maximum atomic E-state index is 2.44. The highest BCUT2D eigenvalue weighted by molar-refractivity contribution is 6.00. The maximum Gasteiger partial charge on any atom is 0.183 e. The summed E-state index contributed by atoms with van der Waals surface area (Å²) in [6.45, 7) is 1.20. The average molecular weight is 238 g/mol. The van der Waals surface area contributed by atoms with Gasteiger partial charge in [-0.25, -0.2) is 4.58 Å². The van der Waals surface area contributed by atoms with Crippen molar-refractivity contribution in [2.45, 2.75) is 25.7 Å². The Hall–Kier alpha value is -1.63. The molecule has 0 aliphatic carbocycles. The predicted octanol–water partition coefficient (Wildman–Crippen LogP) is 3.85. The molecule has 1 nitrogen and oxygen atoms in total. The summed E-state index contributed by atoms with van der Waals surface area (Å²) in [7, 11) is 2.23. The highest BCUT2D eigenvalue weighted by atomic mass is 15.0. The molecule has 1 heteroatoms. The van der Waals surface area contributed by atoms with Crippen LogP contribution >= 0.6 is 0 Å². The molecule has 0 spiro atoms. The van der Waals surface area contributed by atoms with Gasteiger partial charge in [0.2, 0.25) is 0 Å². The number of nitrogens with zero attached hydrogens (tertiary/aromatic N) is 1. The van der Waals surface area contributed by atoms with Gasteiger partial charge in [0.15, 0.2) is 5.71 Å². The standard InChI is InChI=1S/C17H20N/c1-18-12-6-2-3-9-17(18)16-11-10-14-7-4-5-8-15(14)13-16/h4-5,7-8,10-11,13H,2-3,6,9,12H2,1H3/q+1. The van der Waals surface area contributed by atoms with E-state index in [2.05, 4.69) is 54.1 Å². The zero-order chi connectivity index (χ0) is 12.4. The minimum Gasteiger partial charge on any atom is -0.236 e. The quantitative estimate of drug-likeness (QED) is 0.664. The molecule has 0 saturated carbocycles. The zero-order valence-corrected chi connectivity index (χ0v) is 11.0. The normalized spacial score (nSPS) is 16.9. The van der Waals surface area contributed by atoms with Gasteiger partial charge in [0.25, 0.3) is 0 Å². The first-order valence-corrected chi connectivity index (χ1v) is 6.91. The van der Waals surface area contributed by atoms with Crippen LogP contribution in [0.25, 0.3) is 10.8 Å². The summed E-state index contributed by atoms with van der Waals surface area (Å²) >= 11 is 0. The Morgan fingerprint density at radius 3 is 2.61 bits per heavy atom. The molecule has 0 saturated heterocycles. The Kier molecular flexibility index (Phi) is 3.14. The molecule has 1 aliphatic heterocycles. The van der Waals surface area contributed by atoms with E-state index >= 15 is 0 Å². The summed E-state index contributed by atoms with van der Waals surface area (Å²) in [6.07, 6.45) is 5.23. The maximum absolute atomic E-state index is 2.44. The van der Waals surface area contributed by atoms with E-state index in [0.717, 1.165) is 0 Å². The SMILES string of the molecule is C[N+]1=C(c2ccc3ccccc3c2)CCCCC1. The highest BCUT2D eigenvalue weighted by Crippen LogP contribution is 2.19. The Bertz CT molecular complexity index is 595. The second-order valence-electron chi connectivity index (χ2n) is 5.24. The number of hydrogen-bond donors (Lipinski definition) is 0. The van der Waals surface area contributed by atoms with E-state index in [0.29, 0.717) is 0 Å². The van der Waals surface area contributed by atoms with Crippen LogP contribution in [0.4, 0.5) is 0 Å². The molecule has 3 rings (SSSR count). The Labute approximate surface area is 109 Å². The first-order chi connectivity index (χ1) is 8.84. The molecule has 0 unspecified atom stereocenters. The highest BCUT2D eigenvalue weighted by Gasteiger charge is 2.16. The molecule has 92 valence electrons. The van der Waals surface area contributed by atoms with E-state index in [1.807, 2.05) is 0 Å². The minimum atomic E-state index is 1.20. The second kappa shape index (κ2) is 4.93. The molecule has 0 bridgehead atoms. The van der Waals surface area contributed by atoms with Gasteiger partial charge in [-0.3, -0.25) is 0 Å². The van der Waals surface area contributed by atoms with Crippen molar-refractivity contribution in [3.63, 3.8) is 0 Å². The molecule has 18 heavy (non-hydrogen) atoms. The molecule has 0 aromatic heterocycles. The van der Waals surface area contributed by atoms with Crippen molar-refractivity contribution in [3.8, 4) is 0 Å². The van der Waals surface area contributed by atoms with Gasteiger partial charge in [-0.2, -0.15) is 0 Å². The minimum absolute atomic E-state index is 1.20. The van der Waals surface area contributed by atoms with Crippen LogP contribution < -0.4 is 0 Å². The fourth-order valence-electron chi connectivity index (χ4n) is 2.88. The topological polar surface area (TPSA) is 3.01 Å². The largest absolute Gasteiger partial charge is 0.236 e. The van der Waals surface area contributed by atoms with Crippen molar-refractivity contribution < 1.29 is 4.58 Å². The van der Waals surface area contributed by atoms with Crippen molar-refractivity contribution >= 4 is 16.5 Å². The van der Waals surface area contributed by atoms with Crippen LogP contribution in [-0.4, -0.2) is 23.9 Å². The Balaban J connectivity index is 2.08. The average Bonchev–Trinajstić information content (AvgIpc) is 2.63. The fourth-order valence-corrected chi connectivity index (χ4v) is 2.88. The van der Waals surface area contributed by atoms with E-state index in [1.54, 1.807) is 0 Å². The van der Waals surface area contributed by atoms with Gasteiger partial charge in [-0.15, -0.1) is 0 Å². The fraction of sp³-hybridized carbons (Fsp3) is 0.353. The molecule has 0 atom stereocenters. The summed E-state index contributed by atoms with van der Waals surface area (Å²) in [5.41, 5.74) is 2.91. The molecule has 1 heterocycles. The van der Waals surface area contributed by atoms with Crippen LogP contribution in [0.2, 0.25) is 0 Å². The van der Waals surface area contributed by atoms with Crippen LogP contribution in [-0.2, 0) is 0 Å². The van der Waals surface area contributed by atoms with Crippen LogP contribution in [0.5, 0.6) is 0 Å². The zero-order valence-electron chi connectivity index (χ0n) is 11.0. The predicted molar refractivity (Wildman–Crippen MR) is 77.6 cm³/mol. The Morgan fingerprint density at radius 2 is 1.72 bits per heavy atom. The smallest absolute Gasteiger partial charge is 0.183 e. The van der Waals surface area contributed by atoms with Crippen molar-refractivity contribution in [2.24, 2.45) is 0 Å². The molecule has 1 aliphatic rings.